The van der Waals surface area contributed by atoms with Gasteiger partial charge >= 0.3 is 0 Å². The standard InChI is InChI=1S/C17H17N7/c1-12-18-5-6-24(12)9-14-4-2-3-13(7-14)8-19-16-15-17(21-10-20-15)23-11-22-16/h2-7,10-11H,8-9H2,1H3,(H2,19,20,21,22,23). The maximum Gasteiger partial charge on any atom is 0.182 e. The molecule has 1 aromatic carbocycles. The largest absolute Gasteiger partial charge is 0.364 e. The smallest absolute Gasteiger partial charge is 0.182 e. The van der Waals surface area contributed by atoms with Gasteiger partial charge in [0.2, 0.25) is 0 Å². The molecule has 0 fully saturated rings. The Labute approximate surface area is 138 Å². The molecule has 120 valence electrons. The van der Waals surface area contributed by atoms with Gasteiger partial charge in [-0.25, -0.2) is 19.9 Å². The van der Waals surface area contributed by atoms with Crippen LogP contribution in [0.3, 0.4) is 0 Å². The molecule has 0 bridgehead atoms. The van der Waals surface area contributed by atoms with Gasteiger partial charge in [-0.05, 0) is 18.1 Å². The van der Waals surface area contributed by atoms with Gasteiger partial charge in [-0.15, -0.1) is 0 Å². The van der Waals surface area contributed by atoms with Gasteiger partial charge in [-0.3, -0.25) is 0 Å². The number of anilines is 1. The first-order chi connectivity index (χ1) is 11.8. The molecular formula is C17H17N7. The van der Waals surface area contributed by atoms with Crippen LogP contribution in [-0.2, 0) is 13.1 Å². The fourth-order valence-corrected chi connectivity index (χ4v) is 2.69. The molecule has 0 atom stereocenters. The van der Waals surface area contributed by atoms with Crippen molar-refractivity contribution in [3.63, 3.8) is 0 Å². The van der Waals surface area contributed by atoms with Gasteiger partial charge in [0, 0.05) is 25.5 Å². The molecule has 4 aromatic rings. The lowest BCUT2D eigenvalue weighted by molar-refractivity contribution is 0.760. The minimum absolute atomic E-state index is 0.664. The summed E-state index contributed by atoms with van der Waals surface area (Å²) in [5.74, 6) is 1.77. The number of nitrogens with one attached hydrogen (secondary N) is 2. The van der Waals surface area contributed by atoms with Crippen LogP contribution < -0.4 is 5.32 Å². The first kappa shape index (κ1) is 14.4. The summed E-state index contributed by atoms with van der Waals surface area (Å²) in [6.45, 7) is 3.51. The highest BCUT2D eigenvalue weighted by Crippen LogP contribution is 2.16. The van der Waals surface area contributed by atoms with Gasteiger partial charge in [0.05, 0.1) is 6.33 Å². The molecule has 0 spiro atoms. The van der Waals surface area contributed by atoms with E-state index in [0.29, 0.717) is 12.2 Å². The fourth-order valence-electron chi connectivity index (χ4n) is 2.69. The SMILES string of the molecule is Cc1nccn1Cc1cccc(CNc2ncnc3nc[nH]c23)c1. The van der Waals surface area contributed by atoms with Crippen LogP contribution in [0.2, 0.25) is 0 Å². The highest BCUT2D eigenvalue weighted by molar-refractivity contribution is 5.81. The van der Waals surface area contributed by atoms with Crippen molar-refractivity contribution in [2.75, 3.05) is 5.32 Å². The van der Waals surface area contributed by atoms with E-state index in [0.717, 1.165) is 23.7 Å². The molecule has 24 heavy (non-hydrogen) atoms. The number of hydrogen-bond donors (Lipinski definition) is 2. The molecule has 0 amide bonds. The van der Waals surface area contributed by atoms with Crippen molar-refractivity contribution in [2.45, 2.75) is 20.0 Å². The van der Waals surface area contributed by atoms with Gasteiger partial charge in [0.15, 0.2) is 11.5 Å². The van der Waals surface area contributed by atoms with Gasteiger partial charge in [-0.1, -0.05) is 24.3 Å². The molecule has 7 heteroatoms. The van der Waals surface area contributed by atoms with Crippen LogP contribution in [0.5, 0.6) is 0 Å². The third-order valence-electron chi connectivity index (χ3n) is 3.95. The first-order valence-electron chi connectivity index (χ1n) is 7.73. The lowest BCUT2D eigenvalue weighted by Crippen LogP contribution is -2.05. The number of nitrogens with zero attached hydrogens (tertiary/aromatic N) is 5. The maximum atomic E-state index is 4.28. The highest BCUT2D eigenvalue weighted by atomic mass is 15.1. The Hall–Kier alpha value is -3.22. The van der Waals surface area contributed by atoms with E-state index >= 15 is 0 Å². The van der Waals surface area contributed by atoms with Gasteiger partial charge in [0.25, 0.3) is 0 Å². The second-order valence-corrected chi connectivity index (χ2v) is 5.60. The van der Waals surface area contributed by atoms with Crippen LogP contribution in [0.1, 0.15) is 17.0 Å². The van der Waals surface area contributed by atoms with E-state index < -0.39 is 0 Å². The summed E-state index contributed by atoms with van der Waals surface area (Å²) in [5, 5.41) is 3.35. The fraction of sp³-hybridized carbons (Fsp3) is 0.176. The minimum atomic E-state index is 0.664. The average Bonchev–Trinajstić information content (AvgIpc) is 3.23. The molecule has 7 nitrogen and oxygen atoms in total. The van der Waals surface area contributed by atoms with E-state index in [1.807, 2.05) is 19.3 Å². The van der Waals surface area contributed by atoms with Crippen molar-refractivity contribution >= 4 is 17.0 Å². The second-order valence-electron chi connectivity index (χ2n) is 5.60. The Kier molecular flexibility index (Phi) is 3.66. The van der Waals surface area contributed by atoms with Crippen molar-refractivity contribution < 1.29 is 0 Å². The molecule has 0 aliphatic heterocycles. The Balaban J connectivity index is 1.50. The Morgan fingerprint density at radius 2 is 2.04 bits per heavy atom. The molecule has 3 heterocycles. The number of hydrogen-bond acceptors (Lipinski definition) is 5. The van der Waals surface area contributed by atoms with Crippen LogP contribution in [-0.4, -0.2) is 29.5 Å². The molecule has 2 N–H and O–H groups in total. The molecule has 0 aliphatic rings. The number of aryl methyl sites for hydroxylation is 1. The van der Waals surface area contributed by atoms with Gasteiger partial charge < -0.3 is 14.9 Å². The van der Waals surface area contributed by atoms with Crippen LogP contribution in [0, 0.1) is 6.92 Å². The number of rotatable bonds is 5. The van der Waals surface area contributed by atoms with Crippen molar-refractivity contribution in [3.05, 3.63) is 66.3 Å². The summed E-state index contributed by atoms with van der Waals surface area (Å²) in [5.41, 5.74) is 3.92. The summed E-state index contributed by atoms with van der Waals surface area (Å²) in [6, 6.07) is 8.49. The van der Waals surface area contributed by atoms with Crippen molar-refractivity contribution in [1.29, 1.82) is 0 Å². The van der Waals surface area contributed by atoms with Crippen LogP contribution in [0.25, 0.3) is 11.2 Å². The zero-order valence-corrected chi connectivity index (χ0v) is 13.3. The maximum absolute atomic E-state index is 4.28. The molecule has 3 aromatic heterocycles. The Bertz CT molecular complexity index is 970. The quantitative estimate of drug-likeness (QED) is 0.590. The van der Waals surface area contributed by atoms with E-state index in [4.69, 9.17) is 0 Å². The molecule has 0 aliphatic carbocycles. The highest BCUT2D eigenvalue weighted by Gasteiger charge is 2.06. The molecule has 0 saturated heterocycles. The van der Waals surface area contributed by atoms with E-state index in [1.165, 1.54) is 17.5 Å². The summed E-state index contributed by atoms with van der Waals surface area (Å²) >= 11 is 0. The number of aromatic amines is 1. The first-order valence-corrected chi connectivity index (χ1v) is 7.73. The number of imidazole rings is 2. The van der Waals surface area contributed by atoms with Gasteiger partial charge in [0.1, 0.15) is 17.7 Å². The Morgan fingerprint density at radius 1 is 1.12 bits per heavy atom. The molecule has 0 unspecified atom stereocenters. The van der Waals surface area contributed by atoms with E-state index in [9.17, 15) is 0 Å². The zero-order valence-electron chi connectivity index (χ0n) is 13.3. The average molecular weight is 319 g/mol. The summed E-state index contributed by atoms with van der Waals surface area (Å²) in [6.07, 6.45) is 6.96. The monoisotopic (exact) mass is 319 g/mol. The van der Waals surface area contributed by atoms with Crippen molar-refractivity contribution in [2.24, 2.45) is 0 Å². The van der Waals surface area contributed by atoms with Gasteiger partial charge in [-0.2, -0.15) is 0 Å². The summed E-state index contributed by atoms with van der Waals surface area (Å²) in [7, 11) is 0. The summed E-state index contributed by atoms with van der Waals surface area (Å²) < 4.78 is 2.13. The number of aromatic nitrogens is 6. The van der Waals surface area contributed by atoms with E-state index in [-0.39, 0.29) is 0 Å². The number of H-pyrrole nitrogens is 1. The van der Waals surface area contributed by atoms with E-state index in [2.05, 4.69) is 59.1 Å². The van der Waals surface area contributed by atoms with Crippen molar-refractivity contribution in [3.8, 4) is 0 Å². The predicted molar refractivity (Wildman–Crippen MR) is 91.5 cm³/mol. The molecular weight excluding hydrogens is 302 g/mol. The van der Waals surface area contributed by atoms with E-state index in [1.54, 1.807) is 6.33 Å². The topological polar surface area (TPSA) is 84.3 Å². The third kappa shape index (κ3) is 2.83. The van der Waals surface area contributed by atoms with Crippen LogP contribution in [0.15, 0.2) is 49.3 Å². The second kappa shape index (κ2) is 6.11. The lowest BCUT2D eigenvalue weighted by atomic mass is 10.1. The van der Waals surface area contributed by atoms with Crippen LogP contribution >= 0.6 is 0 Å². The Morgan fingerprint density at radius 3 is 2.92 bits per heavy atom. The zero-order chi connectivity index (χ0) is 16.4. The molecule has 4 rings (SSSR count). The lowest BCUT2D eigenvalue weighted by Gasteiger charge is -2.09. The summed E-state index contributed by atoms with van der Waals surface area (Å²) in [4.78, 5) is 19.9. The predicted octanol–water partition coefficient (Wildman–Crippen LogP) is 2.52. The third-order valence-corrected chi connectivity index (χ3v) is 3.95. The molecule has 0 radical (unpaired) electrons. The molecule has 0 saturated carbocycles. The number of fused-ring (bicyclic) bond motifs is 1. The van der Waals surface area contributed by atoms with Crippen LogP contribution in [0.4, 0.5) is 5.82 Å². The van der Waals surface area contributed by atoms with Crippen molar-refractivity contribution in [1.82, 2.24) is 29.5 Å². The minimum Gasteiger partial charge on any atom is -0.364 e. The number of benzene rings is 1. The normalized spacial score (nSPS) is 11.0.